The molecule has 1 aliphatic rings. The highest BCUT2D eigenvalue weighted by molar-refractivity contribution is 6.33. The number of ether oxygens (including phenoxy) is 1. The lowest BCUT2D eigenvalue weighted by molar-refractivity contribution is -0.109. The smallest absolute Gasteiger partial charge is 0.340 e. The molecule has 1 N–H and O–H groups in total. The van der Waals surface area contributed by atoms with Crippen molar-refractivity contribution in [3.63, 3.8) is 0 Å². The molecule has 2 aromatic carbocycles. The van der Waals surface area contributed by atoms with Gasteiger partial charge in [-0.1, -0.05) is 60.7 Å². The Balaban J connectivity index is 1.82. The molecule has 0 radical (unpaired) electrons. The van der Waals surface area contributed by atoms with E-state index < -0.39 is 5.97 Å². The molecule has 0 aliphatic heterocycles. The van der Waals surface area contributed by atoms with Gasteiger partial charge in [-0.05, 0) is 42.2 Å². The number of rotatable bonds is 5. The van der Waals surface area contributed by atoms with Crippen molar-refractivity contribution in [2.45, 2.75) is 19.9 Å². The first kappa shape index (κ1) is 20.4. The summed E-state index contributed by atoms with van der Waals surface area (Å²) in [7, 11) is 1.31. The van der Waals surface area contributed by atoms with Crippen LogP contribution in [0.15, 0.2) is 60.7 Å². The van der Waals surface area contributed by atoms with Gasteiger partial charge < -0.3 is 14.4 Å². The van der Waals surface area contributed by atoms with Gasteiger partial charge >= 0.3 is 5.97 Å². The molecule has 0 unspecified atom stereocenters. The van der Waals surface area contributed by atoms with E-state index in [-0.39, 0.29) is 17.2 Å². The molecule has 1 aliphatic carbocycles. The van der Waals surface area contributed by atoms with Crippen molar-refractivity contribution in [1.29, 1.82) is 0 Å². The maximum absolute atomic E-state index is 12.7. The average molecular weight is 413 g/mol. The van der Waals surface area contributed by atoms with Crippen LogP contribution in [0.25, 0.3) is 17.7 Å². The minimum atomic E-state index is -0.551. The maximum atomic E-state index is 12.7. The average Bonchev–Trinajstić information content (AvgIpc) is 3.03. The summed E-state index contributed by atoms with van der Waals surface area (Å²) in [5.41, 5.74) is 4.38. The Morgan fingerprint density at radius 1 is 1.06 bits per heavy atom. The van der Waals surface area contributed by atoms with Crippen molar-refractivity contribution in [2.24, 2.45) is 0 Å². The zero-order valence-electron chi connectivity index (χ0n) is 17.5. The van der Waals surface area contributed by atoms with E-state index in [2.05, 4.69) is 0 Å². The second kappa shape index (κ2) is 8.48. The summed E-state index contributed by atoms with van der Waals surface area (Å²) in [5.74, 6) is -0.782. The fourth-order valence-corrected chi connectivity index (χ4v) is 3.97. The molecule has 0 amide bonds. The zero-order valence-corrected chi connectivity index (χ0v) is 17.5. The molecule has 31 heavy (non-hydrogen) atoms. The quantitative estimate of drug-likeness (QED) is 0.488. The van der Waals surface area contributed by atoms with Crippen molar-refractivity contribution < 1.29 is 19.4 Å². The number of allylic oxidation sites excluding steroid dienone is 2. The van der Waals surface area contributed by atoms with Gasteiger partial charge in [0.05, 0.1) is 18.2 Å². The normalized spacial score (nSPS) is 14.0. The molecule has 0 saturated carbocycles. The standard InChI is InChI=1S/C26H23NO4/c1-17-24(26(30)31-2)22(25(29)27(17)15-14-18-8-4-3-5-9-18)16-21-20-11-7-6-10-19(20)12-13-23(21)28/h3-13,16,29H,14-15H2,1-2H3/b21-16+. The molecular weight excluding hydrogens is 390 g/mol. The second-order valence-corrected chi connectivity index (χ2v) is 7.42. The molecule has 5 nitrogen and oxygen atoms in total. The first-order valence-electron chi connectivity index (χ1n) is 10.1. The van der Waals surface area contributed by atoms with Crippen molar-refractivity contribution >= 4 is 29.5 Å². The SMILES string of the molecule is COC(=O)c1c(/C=C2/C(=O)C=Cc3ccccc32)c(O)n(CCc2ccccc2)c1C. The zero-order chi connectivity index (χ0) is 22.0. The summed E-state index contributed by atoms with van der Waals surface area (Å²) in [5, 5.41) is 11.1. The molecule has 5 heteroatoms. The molecule has 0 fully saturated rings. The van der Waals surface area contributed by atoms with Gasteiger partial charge in [-0.15, -0.1) is 0 Å². The topological polar surface area (TPSA) is 68.5 Å². The first-order valence-corrected chi connectivity index (χ1v) is 10.1. The Kier molecular flexibility index (Phi) is 5.58. The number of ketones is 1. The maximum Gasteiger partial charge on any atom is 0.340 e. The fraction of sp³-hybridized carbons (Fsp3) is 0.154. The number of benzene rings is 2. The van der Waals surface area contributed by atoms with Gasteiger partial charge in [0.2, 0.25) is 0 Å². The highest BCUT2D eigenvalue weighted by Gasteiger charge is 2.26. The van der Waals surface area contributed by atoms with Gasteiger partial charge in [0.15, 0.2) is 11.7 Å². The molecule has 0 saturated heterocycles. The Bertz CT molecular complexity index is 1220. The molecule has 3 aromatic rings. The number of methoxy groups -OCH3 is 1. The lowest BCUT2D eigenvalue weighted by Crippen LogP contribution is -2.08. The molecule has 0 bridgehead atoms. The summed E-state index contributed by atoms with van der Waals surface area (Å²) in [6.45, 7) is 2.26. The van der Waals surface area contributed by atoms with Crippen LogP contribution in [0.1, 0.15) is 38.3 Å². The molecule has 1 aromatic heterocycles. The summed E-state index contributed by atoms with van der Waals surface area (Å²) in [6.07, 6.45) is 5.55. The Morgan fingerprint density at radius 2 is 1.77 bits per heavy atom. The van der Waals surface area contributed by atoms with Gasteiger partial charge in [0, 0.05) is 17.8 Å². The van der Waals surface area contributed by atoms with E-state index >= 15 is 0 Å². The highest BCUT2D eigenvalue weighted by Crippen LogP contribution is 2.35. The molecular formula is C26H23NO4. The van der Waals surface area contributed by atoms with Crippen molar-refractivity contribution in [3.05, 3.63) is 94.2 Å². The lowest BCUT2D eigenvalue weighted by atomic mass is 9.90. The molecule has 0 spiro atoms. The van der Waals surface area contributed by atoms with E-state index in [0.717, 1.165) is 16.7 Å². The van der Waals surface area contributed by atoms with Gasteiger partial charge in [0.1, 0.15) is 0 Å². The van der Waals surface area contributed by atoms with Crippen LogP contribution < -0.4 is 0 Å². The van der Waals surface area contributed by atoms with Crippen LogP contribution in [0.2, 0.25) is 0 Å². The monoisotopic (exact) mass is 413 g/mol. The van der Waals surface area contributed by atoms with Gasteiger partial charge in [-0.3, -0.25) is 4.79 Å². The van der Waals surface area contributed by atoms with Crippen LogP contribution in [0.5, 0.6) is 5.88 Å². The highest BCUT2D eigenvalue weighted by atomic mass is 16.5. The minimum Gasteiger partial charge on any atom is -0.494 e. The number of aromatic nitrogens is 1. The first-order chi connectivity index (χ1) is 15.0. The van der Waals surface area contributed by atoms with Gasteiger partial charge in [0.25, 0.3) is 0 Å². The number of carbonyl (C=O) groups is 2. The number of aromatic hydroxyl groups is 1. The second-order valence-electron chi connectivity index (χ2n) is 7.42. The number of aryl methyl sites for hydroxylation is 1. The van der Waals surface area contributed by atoms with E-state index in [1.165, 1.54) is 13.2 Å². The number of fused-ring (bicyclic) bond motifs is 1. The van der Waals surface area contributed by atoms with Crippen molar-refractivity contribution in [2.75, 3.05) is 7.11 Å². The molecule has 4 rings (SSSR count). The third-order valence-corrected chi connectivity index (χ3v) is 5.61. The third-order valence-electron chi connectivity index (χ3n) is 5.61. The van der Waals surface area contributed by atoms with Crippen LogP contribution in [0.4, 0.5) is 0 Å². The minimum absolute atomic E-state index is 0.0545. The number of esters is 1. The van der Waals surface area contributed by atoms with E-state index in [4.69, 9.17) is 4.74 Å². The number of nitrogens with zero attached hydrogens (tertiary/aromatic N) is 1. The van der Waals surface area contributed by atoms with Gasteiger partial charge in [-0.25, -0.2) is 4.79 Å². The lowest BCUT2D eigenvalue weighted by Gasteiger charge is -2.13. The van der Waals surface area contributed by atoms with E-state index in [9.17, 15) is 14.7 Å². The van der Waals surface area contributed by atoms with E-state index in [1.807, 2.05) is 54.6 Å². The number of hydrogen-bond donors (Lipinski definition) is 1. The summed E-state index contributed by atoms with van der Waals surface area (Å²) in [6, 6.07) is 17.5. The predicted molar refractivity (Wildman–Crippen MR) is 121 cm³/mol. The number of hydrogen-bond acceptors (Lipinski definition) is 4. The third kappa shape index (κ3) is 3.82. The van der Waals surface area contributed by atoms with Gasteiger partial charge in [-0.2, -0.15) is 0 Å². The summed E-state index contributed by atoms with van der Waals surface area (Å²) in [4.78, 5) is 25.3. The van der Waals surface area contributed by atoms with Crippen molar-refractivity contribution in [1.82, 2.24) is 4.57 Å². The van der Waals surface area contributed by atoms with Crippen LogP contribution in [-0.2, 0) is 22.5 Å². The van der Waals surface area contributed by atoms with Crippen LogP contribution in [0, 0.1) is 6.92 Å². The molecule has 1 heterocycles. The number of carbonyl (C=O) groups excluding carboxylic acids is 2. The summed E-state index contributed by atoms with van der Waals surface area (Å²) < 4.78 is 6.68. The molecule has 0 atom stereocenters. The van der Waals surface area contributed by atoms with Crippen LogP contribution in [-0.4, -0.2) is 28.5 Å². The van der Waals surface area contributed by atoms with E-state index in [1.54, 1.807) is 23.6 Å². The predicted octanol–water partition coefficient (Wildman–Crippen LogP) is 4.67. The van der Waals surface area contributed by atoms with E-state index in [0.29, 0.717) is 29.8 Å². The largest absolute Gasteiger partial charge is 0.494 e. The Hall–Kier alpha value is -3.86. The summed E-state index contributed by atoms with van der Waals surface area (Å²) >= 11 is 0. The Labute approximate surface area is 180 Å². The fourth-order valence-electron chi connectivity index (χ4n) is 3.97. The van der Waals surface area contributed by atoms with Crippen LogP contribution in [0.3, 0.4) is 0 Å². The Morgan fingerprint density at radius 3 is 2.52 bits per heavy atom. The van der Waals surface area contributed by atoms with Crippen LogP contribution >= 0.6 is 0 Å². The molecule has 156 valence electrons. The van der Waals surface area contributed by atoms with Crippen molar-refractivity contribution in [3.8, 4) is 5.88 Å².